The summed E-state index contributed by atoms with van der Waals surface area (Å²) in [6, 6.07) is 10.4. The molecule has 3 nitrogen and oxygen atoms in total. The van der Waals surface area contributed by atoms with Crippen LogP contribution in [0.25, 0.3) is 0 Å². The summed E-state index contributed by atoms with van der Waals surface area (Å²) in [5, 5.41) is 3.55. The third kappa shape index (κ3) is 4.03. The number of nitrogens with one attached hydrogen (secondary N) is 1. The van der Waals surface area contributed by atoms with Crippen molar-refractivity contribution in [2.45, 2.75) is 32.4 Å². The second kappa shape index (κ2) is 7.04. The predicted molar refractivity (Wildman–Crippen MR) is 78.9 cm³/mol. The molecule has 1 heterocycles. The average Bonchev–Trinajstić information content (AvgIpc) is 2.84. The largest absolute Gasteiger partial charge is 0.378 e. The van der Waals surface area contributed by atoms with Gasteiger partial charge in [-0.3, -0.25) is 0 Å². The summed E-state index contributed by atoms with van der Waals surface area (Å²) < 4.78 is 5.58. The third-order valence-corrected chi connectivity index (χ3v) is 4.20. The van der Waals surface area contributed by atoms with Crippen LogP contribution in [0.2, 0.25) is 0 Å². The molecule has 4 atom stereocenters. The number of rotatable bonds is 6. The van der Waals surface area contributed by atoms with Crippen LogP contribution >= 0.6 is 0 Å². The SMILES string of the molecule is CC(CNCC1CCOC1C)C(N)c1ccccc1. The molecular weight excluding hydrogens is 236 g/mol. The van der Waals surface area contributed by atoms with E-state index in [9.17, 15) is 0 Å². The molecule has 1 aliphatic heterocycles. The molecule has 1 saturated heterocycles. The number of benzene rings is 1. The third-order valence-electron chi connectivity index (χ3n) is 4.20. The van der Waals surface area contributed by atoms with Gasteiger partial charge in [-0.25, -0.2) is 0 Å². The Balaban J connectivity index is 1.73. The van der Waals surface area contributed by atoms with Crippen molar-refractivity contribution < 1.29 is 4.74 Å². The van der Waals surface area contributed by atoms with Gasteiger partial charge in [-0.05, 0) is 37.3 Å². The molecule has 0 aliphatic carbocycles. The second-order valence-corrected chi connectivity index (χ2v) is 5.70. The van der Waals surface area contributed by atoms with E-state index in [1.807, 2.05) is 18.2 Å². The zero-order valence-corrected chi connectivity index (χ0v) is 12.0. The van der Waals surface area contributed by atoms with Gasteiger partial charge in [0.2, 0.25) is 0 Å². The maximum atomic E-state index is 6.30. The zero-order chi connectivity index (χ0) is 13.7. The van der Waals surface area contributed by atoms with E-state index in [4.69, 9.17) is 10.5 Å². The van der Waals surface area contributed by atoms with Crippen molar-refractivity contribution in [1.29, 1.82) is 0 Å². The van der Waals surface area contributed by atoms with E-state index in [1.165, 1.54) is 12.0 Å². The predicted octanol–water partition coefficient (Wildman–Crippen LogP) is 2.34. The van der Waals surface area contributed by atoms with E-state index in [-0.39, 0.29) is 6.04 Å². The van der Waals surface area contributed by atoms with Crippen molar-refractivity contribution in [2.75, 3.05) is 19.7 Å². The van der Waals surface area contributed by atoms with Crippen LogP contribution in [0.5, 0.6) is 0 Å². The summed E-state index contributed by atoms with van der Waals surface area (Å²) in [4.78, 5) is 0. The fraction of sp³-hybridized carbons (Fsp3) is 0.625. The molecule has 1 fully saturated rings. The highest BCUT2D eigenvalue weighted by Crippen LogP contribution is 2.21. The van der Waals surface area contributed by atoms with Crippen LogP contribution in [0, 0.1) is 11.8 Å². The maximum absolute atomic E-state index is 6.30. The molecule has 0 saturated carbocycles. The van der Waals surface area contributed by atoms with Crippen LogP contribution in [0.4, 0.5) is 0 Å². The highest BCUT2D eigenvalue weighted by Gasteiger charge is 2.24. The molecule has 1 aliphatic rings. The Morgan fingerprint density at radius 2 is 2.11 bits per heavy atom. The van der Waals surface area contributed by atoms with E-state index in [2.05, 4.69) is 31.3 Å². The first-order chi connectivity index (χ1) is 9.18. The van der Waals surface area contributed by atoms with Crippen molar-refractivity contribution in [1.82, 2.24) is 5.32 Å². The summed E-state index contributed by atoms with van der Waals surface area (Å²) in [7, 11) is 0. The molecule has 3 N–H and O–H groups in total. The molecule has 1 aromatic carbocycles. The Morgan fingerprint density at radius 3 is 2.74 bits per heavy atom. The summed E-state index contributed by atoms with van der Waals surface area (Å²) in [6.45, 7) is 7.27. The first-order valence-electron chi connectivity index (χ1n) is 7.31. The molecule has 1 aromatic rings. The van der Waals surface area contributed by atoms with Crippen LogP contribution in [-0.2, 0) is 4.74 Å². The Kier molecular flexibility index (Phi) is 5.37. The van der Waals surface area contributed by atoms with E-state index in [0.717, 1.165) is 19.7 Å². The highest BCUT2D eigenvalue weighted by molar-refractivity contribution is 5.19. The molecule has 2 rings (SSSR count). The van der Waals surface area contributed by atoms with E-state index in [1.54, 1.807) is 0 Å². The Morgan fingerprint density at radius 1 is 1.37 bits per heavy atom. The lowest BCUT2D eigenvalue weighted by molar-refractivity contribution is 0.105. The van der Waals surface area contributed by atoms with Gasteiger partial charge in [0.1, 0.15) is 0 Å². The fourth-order valence-electron chi connectivity index (χ4n) is 2.67. The van der Waals surface area contributed by atoms with Gasteiger partial charge in [0, 0.05) is 19.2 Å². The van der Waals surface area contributed by atoms with Crippen LogP contribution in [0.15, 0.2) is 30.3 Å². The number of hydrogen-bond acceptors (Lipinski definition) is 3. The van der Waals surface area contributed by atoms with E-state index in [0.29, 0.717) is 17.9 Å². The molecule has 0 radical (unpaired) electrons. The maximum Gasteiger partial charge on any atom is 0.0588 e. The van der Waals surface area contributed by atoms with Gasteiger partial charge in [-0.15, -0.1) is 0 Å². The van der Waals surface area contributed by atoms with Crippen LogP contribution < -0.4 is 11.1 Å². The Labute approximate surface area is 116 Å². The van der Waals surface area contributed by atoms with Crippen molar-refractivity contribution in [3.63, 3.8) is 0 Å². The standard InChI is InChI=1S/C16H26N2O/c1-12(16(17)14-6-4-3-5-7-14)10-18-11-15-8-9-19-13(15)2/h3-7,12-13,15-16,18H,8-11,17H2,1-2H3. The van der Waals surface area contributed by atoms with Crippen molar-refractivity contribution in [3.05, 3.63) is 35.9 Å². The lowest BCUT2D eigenvalue weighted by atomic mass is 9.95. The summed E-state index contributed by atoms with van der Waals surface area (Å²) in [5.74, 6) is 1.08. The first-order valence-corrected chi connectivity index (χ1v) is 7.31. The van der Waals surface area contributed by atoms with Crippen molar-refractivity contribution in [2.24, 2.45) is 17.6 Å². The normalized spacial score (nSPS) is 26.3. The number of ether oxygens (including phenoxy) is 1. The smallest absolute Gasteiger partial charge is 0.0588 e. The zero-order valence-electron chi connectivity index (χ0n) is 12.0. The monoisotopic (exact) mass is 262 g/mol. The highest BCUT2D eigenvalue weighted by atomic mass is 16.5. The molecule has 0 bridgehead atoms. The van der Waals surface area contributed by atoms with Crippen LogP contribution in [0.3, 0.4) is 0 Å². The van der Waals surface area contributed by atoms with Gasteiger partial charge in [-0.2, -0.15) is 0 Å². The van der Waals surface area contributed by atoms with Gasteiger partial charge < -0.3 is 15.8 Å². The van der Waals surface area contributed by atoms with E-state index >= 15 is 0 Å². The fourth-order valence-corrected chi connectivity index (χ4v) is 2.67. The number of hydrogen-bond donors (Lipinski definition) is 2. The van der Waals surface area contributed by atoms with Gasteiger partial charge >= 0.3 is 0 Å². The van der Waals surface area contributed by atoms with Gasteiger partial charge in [0.05, 0.1) is 6.10 Å². The quantitative estimate of drug-likeness (QED) is 0.827. The Hall–Kier alpha value is -0.900. The molecule has 0 amide bonds. The topological polar surface area (TPSA) is 47.3 Å². The lowest BCUT2D eigenvalue weighted by Gasteiger charge is -2.22. The molecule has 106 valence electrons. The lowest BCUT2D eigenvalue weighted by Crippen LogP contribution is -2.33. The molecule has 4 unspecified atom stereocenters. The van der Waals surface area contributed by atoms with Crippen LogP contribution in [-0.4, -0.2) is 25.8 Å². The van der Waals surface area contributed by atoms with Crippen LogP contribution in [0.1, 0.15) is 31.9 Å². The second-order valence-electron chi connectivity index (χ2n) is 5.70. The van der Waals surface area contributed by atoms with Crippen molar-refractivity contribution >= 4 is 0 Å². The first kappa shape index (κ1) is 14.5. The molecule has 0 spiro atoms. The average molecular weight is 262 g/mol. The summed E-state index contributed by atoms with van der Waals surface area (Å²) in [5.41, 5.74) is 7.51. The minimum Gasteiger partial charge on any atom is -0.378 e. The minimum absolute atomic E-state index is 0.103. The number of nitrogens with two attached hydrogens (primary N) is 1. The van der Waals surface area contributed by atoms with Gasteiger partial charge in [-0.1, -0.05) is 37.3 Å². The molecular formula is C16H26N2O. The summed E-state index contributed by atoms with van der Waals surface area (Å²) in [6.07, 6.45) is 1.57. The van der Waals surface area contributed by atoms with Gasteiger partial charge in [0.15, 0.2) is 0 Å². The Bertz CT molecular complexity index is 368. The van der Waals surface area contributed by atoms with Crippen molar-refractivity contribution in [3.8, 4) is 0 Å². The van der Waals surface area contributed by atoms with E-state index < -0.39 is 0 Å². The molecule has 19 heavy (non-hydrogen) atoms. The summed E-state index contributed by atoms with van der Waals surface area (Å²) >= 11 is 0. The molecule has 3 heteroatoms. The van der Waals surface area contributed by atoms with Gasteiger partial charge in [0.25, 0.3) is 0 Å². The molecule has 0 aromatic heterocycles. The minimum atomic E-state index is 0.103.